The molecule has 0 aliphatic heterocycles. The number of thiol groups is 1. The molecule has 0 N–H and O–H groups in total. The molecule has 1 atom stereocenters. The summed E-state index contributed by atoms with van der Waals surface area (Å²) in [5.74, 6) is 0. The lowest BCUT2D eigenvalue weighted by atomic mass is 10.5. The van der Waals surface area contributed by atoms with E-state index >= 15 is 0 Å². The molecule has 0 spiro atoms. The fourth-order valence-electron chi connectivity index (χ4n) is 0.149. The van der Waals surface area contributed by atoms with Gasteiger partial charge in [-0.25, -0.2) is 13.5 Å². The molecule has 7 heavy (non-hydrogen) atoms. The molecule has 0 fully saturated rings. The van der Waals surface area contributed by atoms with Gasteiger partial charge < -0.3 is 0 Å². The van der Waals surface area contributed by atoms with Crippen LogP contribution in [0.25, 0.3) is 0 Å². The first-order valence-corrected chi connectivity index (χ1v) is 3.22. The Hall–Kier alpha value is -0.0900. The molecule has 0 bridgehead atoms. The first kappa shape index (κ1) is 6.91. The molecule has 0 aliphatic carbocycles. The van der Waals surface area contributed by atoms with Crippen molar-refractivity contribution in [3.8, 4) is 0 Å². The van der Waals surface area contributed by atoms with E-state index in [-0.39, 0.29) is 6.42 Å². The second kappa shape index (κ2) is 2.98. The first-order chi connectivity index (χ1) is 3.18. The number of hydrogen-bond donors (Lipinski definition) is 1. The van der Waals surface area contributed by atoms with Gasteiger partial charge in [0.2, 0.25) is 0 Å². The van der Waals surface area contributed by atoms with E-state index in [1.54, 1.807) is 6.92 Å². The van der Waals surface area contributed by atoms with Gasteiger partial charge in [0.25, 0.3) is 0 Å². The average Bonchev–Trinajstić information content (AvgIpc) is 1.65. The quantitative estimate of drug-likeness (QED) is 0.515. The third-order valence-electron chi connectivity index (χ3n) is 0.584. The zero-order chi connectivity index (χ0) is 5.86. The molecule has 0 heterocycles. The van der Waals surface area contributed by atoms with Crippen LogP contribution in [0.1, 0.15) is 13.3 Å². The van der Waals surface area contributed by atoms with Crippen LogP contribution in [0.3, 0.4) is 0 Å². The summed E-state index contributed by atoms with van der Waals surface area (Å²) in [6.07, 6.45) is 0.165. The molecule has 0 aromatic heterocycles. The van der Waals surface area contributed by atoms with Gasteiger partial charge in [-0.3, -0.25) is 0 Å². The minimum atomic E-state index is -2.72. The fraction of sp³-hybridized carbons (Fsp3) is 1.00. The molecule has 0 amide bonds. The Morgan fingerprint density at radius 3 is 2.00 bits per heavy atom. The van der Waals surface area contributed by atoms with Crippen molar-refractivity contribution >= 4 is 10.7 Å². The Kier molecular flexibility index (Phi) is 2.95. The van der Waals surface area contributed by atoms with E-state index in [1.165, 1.54) is 0 Å². The van der Waals surface area contributed by atoms with Gasteiger partial charge >= 0.3 is 0 Å². The van der Waals surface area contributed by atoms with Crippen molar-refractivity contribution in [2.75, 3.05) is 0 Å². The zero-order valence-corrected chi connectivity index (χ0v) is 4.85. The highest BCUT2D eigenvalue weighted by atomic mass is 32.2. The van der Waals surface area contributed by atoms with Gasteiger partial charge in [-0.15, -0.1) is 0 Å². The zero-order valence-electron chi connectivity index (χ0n) is 3.96. The Morgan fingerprint density at radius 1 is 1.57 bits per heavy atom. The van der Waals surface area contributed by atoms with E-state index in [2.05, 4.69) is 0 Å². The second-order valence-electron chi connectivity index (χ2n) is 1.15. The van der Waals surface area contributed by atoms with Crippen molar-refractivity contribution in [1.82, 2.24) is 0 Å². The van der Waals surface area contributed by atoms with Crippen LogP contribution in [0.5, 0.6) is 0 Å². The molecular formula is C3H7O3S. The summed E-state index contributed by atoms with van der Waals surface area (Å²) in [7, 11) is -2.72. The Balaban J connectivity index is 3.57. The highest BCUT2D eigenvalue weighted by Crippen LogP contribution is 1.87. The smallest absolute Gasteiger partial charge is 0.191 e. The van der Waals surface area contributed by atoms with E-state index < -0.39 is 16.1 Å². The summed E-state index contributed by atoms with van der Waals surface area (Å²) in [6.45, 7) is 1.54. The average molecular weight is 123 g/mol. The lowest BCUT2D eigenvalue weighted by Crippen LogP contribution is -2.02. The Bertz CT molecular complexity index is 98.7. The molecule has 4 heteroatoms. The molecule has 0 aliphatic rings. The Morgan fingerprint density at radius 2 is 2.00 bits per heavy atom. The molecule has 0 saturated carbocycles. The summed E-state index contributed by atoms with van der Waals surface area (Å²) >= 11 is 0. The molecule has 43 valence electrons. The van der Waals surface area contributed by atoms with E-state index in [4.69, 9.17) is 0 Å². The predicted octanol–water partition coefficient (Wildman–Crippen LogP) is -0.236. The number of rotatable bonds is 2. The molecule has 1 unspecified atom stereocenters. The molecule has 0 aromatic rings. The fourth-order valence-corrected chi connectivity index (χ4v) is 0.447. The van der Waals surface area contributed by atoms with Crippen LogP contribution in [0.15, 0.2) is 0 Å². The second-order valence-corrected chi connectivity index (χ2v) is 2.29. The van der Waals surface area contributed by atoms with Gasteiger partial charge in [0.15, 0.2) is 16.1 Å². The van der Waals surface area contributed by atoms with Gasteiger partial charge in [-0.1, -0.05) is 6.92 Å². The lowest BCUT2D eigenvalue weighted by molar-refractivity contribution is 0.154. The molecule has 0 aromatic carbocycles. The van der Waals surface area contributed by atoms with Gasteiger partial charge in [-0.2, -0.15) is 0 Å². The van der Waals surface area contributed by atoms with Crippen LogP contribution < -0.4 is 0 Å². The topological polar surface area (TPSA) is 54.0 Å². The van der Waals surface area contributed by atoms with Crippen molar-refractivity contribution in [3.63, 3.8) is 0 Å². The monoisotopic (exact) mass is 123 g/mol. The maximum absolute atomic E-state index is 10.00. The largest absolute Gasteiger partial charge is 0.229 e. The molecule has 0 saturated heterocycles. The van der Waals surface area contributed by atoms with Gasteiger partial charge in [0, 0.05) is 0 Å². The highest BCUT2D eigenvalue weighted by molar-refractivity contribution is 7.72. The third-order valence-corrected chi connectivity index (χ3v) is 1.42. The SMILES string of the molecule is CCC([O])[SH](=O)=O. The lowest BCUT2D eigenvalue weighted by Gasteiger charge is -1.87. The van der Waals surface area contributed by atoms with Crippen LogP contribution in [0.4, 0.5) is 0 Å². The van der Waals surface area contributed by atoms with E-state index in [0.29, 0.717) is 0 Å². The van der Waals surface area contributed by atoms with Crippen LogP contribution in [0.2, 0.25) is 0 Å². The maximum atomic E-state index is 10.00. The van der Waals surface area contributed by atoms with Crippen LogP contribution in [-0.2, 0) is 15.8 Å². The summed E-state index contributed by atoms with van der Waals surface area (Å²) in [5, 5.41) is 10.00. The standard InChI is InChI=1S/C3H7O3S/c1-2-3(4)7(5)6/h3,7H,2H2,1H3. The summed E-state index contributed by atoms with van der Waals surface area (Å²) in [4.78, 5) is 0. The van der Waals surface area contributed by atoms with Gasteiger partial charge in [0.05, 0.1) is 0 Å². The minimum Gasteiger partial charge on any atom is -0.229 e. The van der Waals surface area contributed by atoms with Crippen molar-refractivity contribution in [3.05, 3.63) is 0 Å². The van der Waals surface area contributed by atoms with Crippen molar-refractivity contribution in [2.45, 2.75) is 18.8 Å². The van der Waals surface area contributed by atoms with Crippen LogP contribution >= 0.6 is 0 Å². The normalized spacial score (nSPS) is 14.7. The molecule has 3 nitrogen and oxygen atoms in total. The predicted molar refractivity (Wildman–Crippen MR) is 25.1 cm³/mol. The maximum Gasteiger partial charge on any atom is 0.191 e. The highest BCUT2D eigenvalue weighted by Gasteiger charge is 2.01. The summed E-state index contributed by atoms with van der Waals surface area (Å²) in [5.41, 5.74) is -1.39. The van der Waals surface area contributed by atoms with E-state index in [9.17, 15) is 13.5 Å². The van der Waals surface area contributed by atoms with E-state index in [0.717, 1.165) is 0 Å². The Labute approximate surface area is 43.9 Å². The van der Waals surface area contributed by atoms with Crippen LogP contribution in [0, 0.1) is 0 Å². The first-order valence-electron chi connectivity index (χ1n) is 1.97. The molecular weight excluding hydrogens is 116 g/mol. The van der Waals surface area contributed by atoms with E-state index in [1.807, 2.05) is 0 Å². The van der Waals surface area contributed by atoms with Crippen molar-refractivity contribution in [1.29, 1.82) is 0 Å². The minimum absolute atomic E-state index is 0.165. The van der Waals surface area contributed by atoms with Crippen molar-refractivity contribution < 1.29 is 13.5 Å². The summed E-state index contributed by atoms with van der Waals surface area (Å²) in [6, 6.07) is 0. The number of hydrogen-bond acceptors (Lipinski definition) is 2. The molecule has 1 radical (unpaired) electrons. The summed E-state index contributed by atoms with van der Waals surface area (Å²) < 4.78 is 19.3. The van der Waals surface area contributed by atoms with Crippen LogP contribution in [-0.4, -0.2) is 13.9 Å². The van der Waals surface area contributed by atoms with Gasteiger partial charge in [-0.05, 0) is 6.42 Å². The van der Waals surface area contributed by atoms with Crippen molar-refractivity contribution in [2.24, 2.45) is 0 Å². The molecule has 0 rings (SSSR count). The third kappa shape index (κ3) is 2.59. The van der Waals surface area contributed by atoms with Gasteiger partial charge in [0.1, 0.15) is 0 Å².